The van der Waals surface area contributed by atoms with Gasteiger partial charge in [-0.25, -0.2) is 4.68 Å². The summed E-state index contributed by atoms with van der Waals surface area (Å²) >= 11 is 0. The Morgan fingerprint density at radius 1 is 1.00 bits per heavy atom. The lowest BCUT2D eigenvalue weighted by molar-refractivity contribution is 0.0427. The third-order valence-electron chi connectivity index (χ3n) is 6.46. The Balaban J connectivity index is 1.49. The third kappa shape index (κ3) is 3.74. The Hall–Kier alpha value is -3.97. The number of anilines is 1. The SMILES string of the molecule is O=C1c2ccccc2N[C@H](c2cn(-c3ccccc3)nc2-c2ccncc2)N1C[C@H]1CCCO1. The fourth-order valence-electron chi connectivity index (χ4n) is 4.77. The summed E-state index contributed by atoms with van der Waals surface area (Å²) in [6.45, 7) is 1.27. The van der Waals surface area contributed by atoms with Crippen LogP contribution < -0.4 is 5.32 Å². The van der Waals surface area contributed by atoms with Gasteiger partial charge in [-0.1, -0.05) is 30.3 Å². The van der Waals surface area contributed by atoms with Gasteiger partial charge >= 0.3 is 0 Å². The minimum atomic E-state index is -0.382. The largest absolute Gasteiger partial charge is 0.376 e. The lowest BCUT2D eigenvalue weighted by atomic mass is 10.0. The molecule has 1 N–H and O–H groups in total. The molecule has 7 heteroatoms. The predicted octanol–water partition coefficient (Wildman–Crippen LogP) is 4.68. The van der Waals surface area contributed by atoms with Crippen molar-refractivity contribution in [2.24, 2.45) is 0 Å². The van der Waals surface area contributed by atoms with Crippen LogP contribution in [0.3, 0.4) is 0 Å². The first-order valence-electron chi connectivity index (χ1n) is 11.6. The third-order valence-corrected chi connectivity index (χ3v) is 6.46. The molecule has 0 spiro atoms. The first-order valence-corrected chi connectivity index (χ1v) is 11.6. The molecule has 0 unspecified atom stereocenters. The van der Waals surface area contributed by atoms with Gasteiger partial charge in [-0.2, -0.15) is 5.10 Å². The standard InChI is InChI=1S/C27H25N5O2/c33-27-22-10-4-5-11-24(22)29-26(31(27)17-21-9-6-16-34-21)23-18-32(20-7-2-1-3-8-20)30-25(23)19-12-14-28-15-13-19/h1-5,7-8,10-15,18,21,26,29H,6,9,16-17H2/t21-,26+/m1/s1. The van der Waals surface area contributed by atoms with E-state index in [1.54, 1.807) is 12.4 Å². The summed E-state index contributed by atoms with van der Waals surface area (Å²) in [4.78, 5) is 19.8. The quantitative estimate of drug-likeness (QED) is 0.477. The van der Waals surface area contributed by atoms with E-state index in [9.17, 15) is 4.79 Å². The Morgan fingerprint density at radius 2 is 1.79 bits per heavy atom. The van der Waals surface area contributed by atoms with Crippen molar-refractivity contribution >= 4 is 11.6 Å². The number of amides is 1. The number of carbonyl (C=O) groups is 1. The Morgan fingerprint density at radius 3 is 2.59 bits per heavy atom. The number of pyridine rings is 1. The second-order valence-corrected chi connectivity index (χ2v) is 8.63. The van der Waals surface area contributed by atoms with Crippen LogP contribution in [-0.2, 0) is 4.74 Å². The van der Waals surface area contributed by atoms with Gasteiger partial charge in [-0.3, -0.25) is 9.78 Å². The highest BCUT2D eigenvalue weighted by Crippen LogP contribution is 2.38. The van der Waals surface area contributed by atoms with Crippen LogP contribution in [0.1, 0.15) is 34.9 Å². The molecule has 34 heavy (non-hydrogen) atoms. The van der Waals surface area contributed by atoms with E-state index >= 15 is 0 Å². The van der Waals surface area contributed by atoms with Crippen LogP contribution in [0.15, 0.2) is 85.3 Å². The van der Waals surface area contributed by atoms with Gasteiger partial charge in [0, 0.05) is 48.6 Å². The van der Waals surface area contributed by atoms with E-state index in [2.05, 4.69) is 10.3 Å². The maximum atomic E-state index is 13.7. The topological polar surface area (TPSA) is 72.3 Å². The first-order chi connectivity index (χ1) is 16.8. The fourth-order valence-corrected chi connectivity index (χ4v) is 4.77. The normalized spacial score (nSPS) is 19.6. The van der Waals surface area contributed by atoms with E-state index < -0.39 is 0 Å². The molecule has 1 amide bonds. The minimum Gasteiger partial charge on any atom is -0.376 e. The molecule has 1 saturated heterocycles. The zero-order chi connectivity index (χ0) is 22.9. The summed E-state index contributed by atoms with van der Waals surface area (Å²) in [7, 11) is 0. The maximum absolute atomic E-state index is 13.7. The van der Waals surface area contributed by atoms with Crippen molar-refractivity contribution in [1.29, 1.82) is 0 Å². The van der Waals surface area contributed by atoms with Crippen LogP contribution in [-0.4, -0.2) is 44.8 Å². The van der Waals surface area contributed by atoms with Gasteiger partial charge in [0.15, 0.2) is 0 Å². The molecule has 2 aliphatic rings. The van der Waals surface area contributed by atoms with E-state index in [-0.39, 0.29) is 18.2 Å². The van der Waals surface area contributed by atoms with E-state index in [0.29, 0.717) is 12.1 Å². The Kier molecular flexibility index (Phi) is 5.31. The molecule has 0 bridgehead atoms. The summed E-state index contributed by atoms with van der Waals surface area (Å²) in [6, 6.07) is 21.6. The van der Waals surface area contributed by atoms with Crippen LogP contribution >= 0.6 is 0 Å². The molecule has 0 aliphatic carbocycles. The summed E-state index contributed by atoms with van der Waals surface area (Å²) in [5, 5.41) is 8.58. The van der Waals surface area contributed by atoms with E-state index in [1.807, 2.05) is 82.5 Å². The van der Waals surface area contributed by atoms with Gasteiger partial charge in [0.05, 0.1) is 23.0 Å². The summed E-state index contributed by atoms with van der Waals surface area (Å²) in [5.41, 5.74) is 5.15. The van der Waals surface area contributed by atoms with E-state index in [1.165, 1.54) is 0 Å². The van der Waals surface area contributed by atoms with Crippen LogP contribution in [0.4, 0.5) is 5.69 Å². The van der Waals surface area contributed by atoms with Crippen molar-refractivity contribution in [3.63, 3.8) is 0 Å². The average molecular weight is 452 g/mol. The van der Waals surface area contributed by atoms with Gasteiger partial charge < -0.3 is 15.0 Å². The zero-order valence-corrected chi connectivity index (χ0v) is 18.7. The number of nitrogens with zero attached hydrogens (tertiary/aromatic N) is 4. The highest BCUT2D eigenvalue weighted by Gasteiger charge is 2.37. The van der Waals surface area contributed by atoms with Crippen molar-refractivity contribution in [3.8, 4) is 16.9 Å². The Bertz CT molecular complexity index is 1300. The summed E-state index contributed by atoms with van der Waals surface area (Å²) in [6.07, 6.45) is 7.18. The number of hydrogen-bond donors (Lipinski definition) is 1. The second-order valence-electron chi connectivity index (χ2n) is 8.63. The molecule has 170 valence electrons. The van der Waals surface area contributed by atoms with Gasteiger partial charge in [0.25, 0.3) is 5.91 Å². The number of aromatic nitrogens is 3. The van der Waals surface area contributed by atoms with E-state index in [0.717, 1.165) is 47.6 Å². The lowest BCUT2D eigenvalue weighted by Crippen LogP contribution is -2.46. The molecule has 1 fully saturated rings. The fraction of sp³-hybridized carbons (Fsp3) is 0.222. The molecular formula is C27H25N5O2. The molecular weight excluding hydrogens is 426 g/mol. The number of para-hydroxylation sites is 2. The average Bonchev–Trinajstić information content (AvgIpc) is 3.57. The highest BCUT2D eigenvalue weighted by molar-refractivity contribution is 6.02. The predicted molar refractivity (Wildman–Crippen MR) is 130 cm³/mol. The molecule has 2 atom stereocenters. The summed E-state index contributed by atoms with van der Waals surface area (Å²) in [5.74, 6) is 0.00277. The van der Waals surface area contributed by atoms with Gasteiger partial charge in [0.1, 0.15) is 6.17 Å². The summed E-state index contributed by atoms with van der Waals surface area (Å²) < 4.78 is 7.79. The molecule has 0 saturated carbocycles. The van der Waals surface area contributed by atoms with Crippen LogP contribution in [0, 0.1) is 0 Å². The van der Waals surface area contributed by atoms with Crippen molar-refractivity contribution in [3.05, 3.63) is 96.4 Å². The van der Waals surface area contributed by atoms with Crippen molar-refractivity contribution in [1.82, 2.24) is 19.7 Å². The molecule has 6 rings (SSSR count). The lowest BCUT2D eigenvalue weighted by Gasteiger charge is -2.39. The monoisotopic (exact) mass is 451 g/mol. The molecule has 2 aromatic carbocycles. The van der Waals surface area contributed by atoms with Crippen molar-refractivity contribution in [2.45, 2.75) is 25.1 Å². The Labute approximate surface area is 198 Å². The van der Waals surface area contributed by atoms with Gasteiger partial charge in [-0.15, -0.1) is 0 Å². The maximum Gasteiger partial charge on any atom is 0.257 e. The molecule has 4 heterocycles. The molecule has 2 aliphatic heterocycles. The number of carbonyl (C=O) groups excluding carboxylic acids is 1. The number of fused-ring (bicyclic) bond motifs is 1. The number of hydrogen-bond acceptors (Lipinski definition) is 5. The molecule has 7 nitrogen and oxygen atoms in total. The first kappa shape index (κ1) is 20.6. The molecule has 0 radical (unpaired) electrons. The van der Waals surface area contributed by atoms with Crippen molar-refractivity contribution in [2.75, 3.05) is 18.5 Å². The minimum absolute atomic E-state index is 0.00277. The van der Waals surface area contributed by atoms with Crippen LogP contribution in [0.2, 0.25) is 0 Å². The van der Waals surface area contributed by atoms with Crippen molar-refractivity contribution < 1.29 is 9.53 Å². The number of ether oxygens (including phenoxy) is 1. The van der Waals surface area contributed by atoms with E-state index in [4.69, 9.17) is 9.84 Å². The number of benzene rings is 2. The van der Waals surface area contributed by atoms with Crippen LogP contribution in [0.25, 0.3) is 16.9 Å². The number of rotatable bonds is 5. The molecule has 4 aromatic rings. The molecule has 2 aromatic heterocycles. The van der Waals surface area contributed by atoms with Gasteiger partial charge in [0.2, 0.25) is 0 Å². The number of nitrogens with one attached hydrogen (secondary N) is 1. The van der Waals surface area contributed by atoms with Gasteiger partial charge in [-0.05, 0) is 49.2 Å². The highest BCUT2D eigenvalue weighted by atomic mass is 16.5. The second kappa shape index (κ2) is 8.76. The zero-order valence-electron chi connectivity index (χ0n) is 18.7. The smallest absolute Gasteiger partial charge is 0.257 e. The van der Waals surface area contributed by atoms with Crippen LogP contribution in [0.5, 0.6) is 0 Å².